The normalized spacial score (nSPS) is 30.2. The Morgan fingerprint density at radius 2 is 1.89 bits per heavy atom. The molecule has 0 aromatic rings. The van der Waals surface area contributed by atoms with Crippen molar-refractivity contribution in [2.75, 3.05) is 6.54 Å². The molecular formula is C11H18BF3KNO2. The summed E-state index contributed by atoms with van der Waals surface area (Å²) in [6.45, 7) is 0.656. The summed E-state index contributed by atoms with van der Waals surface area (Å²) in [5.41, 5.74) is -0.669. The van der Waals surface area contributed by atoms with Crippen LogP contribution in [-0.4, -0.2) is 36.2 Å². The SMILES string of the molecule is CC(C)(C)OC(=O)N1CCC[C@H]2[C@@H]1[C@@H]2[B-](F)(F)F.[K+]. The summed E-state index contributed by atoms with van der Waals surface area (Å²) in [4.78, 5) is 13.1. The molecule has 0 radical (unpaired) electrons. The number of nitrogens with zero attached hydrogens (tertiary/aromatic N) is 1. The van der Waals surface area contributed by atoms with Crippen molar-refractivity contribution in [1.82, 2.24) is 4.90 Å². The van der Waals surface area contributed by atoms with Gasteiger partial charge >= 0.3 is 64.5 Å². The Bertz CT molecular complexity index is 359. The van der Waals surface area contributed by atoms with E-state index in [2.05, 4.69) is 0 Å². The second-order valence-corrected chi connectivity index (χ2v) is 6.17. The standard InChI is InChI=1S/C11H18BF3NO2.K/c1-11(2,3)18-10(17)16-6-4-5-7-8(9(7)16)12(13,14)15;/h7-9H,4-6H2,1-3H3;/q-1;+1/t7-,8-,9-;/m1./s1. The number of likely N-dealkylation sites (tertiary alicyclic amines) is 1. The molecule has 1 amide bonds. The number of fused-ring (bicyclic) bond motifs is 1. The number of piperidine rings is 1. The molecule has 0 aromatic carbocycles. The summed E-state index contributed by atoms with van der Waals surface area (Å²) >= 11 is 0. The van der Waals surface area contributed by atoms with E-state index < -0.39 is 36.4 Å². The number of hydrogen-bond donors (Lipinski definition) is 0. The number of rotatable bonds is 1. The van der Waals surface area contributed by atoms with Gasteiger partial charge in [-0.15, -0.1) is 0 Å². The molecule has 1 saturated heterocycles. The predicted molar refractivity (Wildman–Crippen MR) is 62.3 cm³/mol. The van der Waals surface area contributed by atoms with Gasteiger partial charge in [-0.1, -0.05) is 0 Å². The molecule has 3 atom stereocenters. The predicted octanol–water partition coefficient (Wildman–Crippen LogP) is 0.237. The van der Waals surface area contributed by atoms with Crippen LogP contribution in [0.4, 0.5) is 17.7 Å². The molecule has 0 N–H and O–H groups in total. The van der Waals surface area contributed by atoms with Gasteiger partial charge in [-0.2, -0.15) is 0 Å². The third-order valence-corrected chi connectivity index (χ3v) is 3.55. The van der Waals surface area contributed by atoms with E-state index in [-0.39, 0.29) is 51.4 Å². The summed E-state index contributed by atoms with van der Waals surface area (Å²) in [5, 5.41) is 0. The fourth-order valence-electron chi connectivity index (χ4n) is 2.87. The second-order valence-electron chi connectivity index (χ2n) is 6.17. The molecule has 2 aliphatic rings. The van der Waals surface area contributed by atoms with E-state index in [1.807, 2.05) is 0 Å². The minimum atomic E-state index is -4.86. The molecule has 0 spiro atoms. The number of amides is 1. The summed E-state index contributed by atoms with van der Waals surface area (Å²) < 4.78 is 43.6. The monoisotopic (exact) mass is 303 g/mol. The second kappa shape index (κ2) is 5.87. The van der Waals surface area contributed by atoms with Gasteiger partial charge in [0.2, 0.25) is 0 Å². The van der Waals surface area contributed by atoms with Crippen LogP contribution >= 0.6 is 0 Å². The molecule has 0 aromatic heterocycles. The summed E-state index contributed by atoms with van der Waals surface area (Å²) in [7, 11) is 0. The van der Waals surface area contributed by atoms with E-state index in [1.54, 1.807) is 20.8 Å². The number of ether oxygens (including phenoxy) is 1. The minimum Gasteiger partial charge on any atom is -0.449 e. The molecular weight excluding hydrogens is 285 g/mol. The van der Waals surface area contributed by atoms with Gasteiger partial charge < -0.3 is 22.6 Å². The van der Waals surface area contributed by atoms with Gasteiger partial charge in [-0.05, 0) is 45.3 Å². The van der Waals surface area contributed by atoms with Crippen LogP contribution in [-0.2, 0) is 4.74 Å². The summed E-state index contributed by atoms with van der Waals surface area (Å²) in [5.74, 6) is -1.69. The van der Waals surface area contributed by atoms with E-state index in [1.165, 1.54) is 4.90 Å². The maximum atomic E-state index is 12.8. The van der Waals surface area contributed by atoms with Gasteiger partial charge in [0.15, 0.2) is 0 Å². The number of hydrogen-bond acceptors (Lipinski definition) is 2. The van der Waals surface area contributed by atoms with E-state index in [0.717, 1.165) is 0 Å². The first-order valence-corrected chi connectivity index (χ1v) is 6.31. The smallest absolute Gasteiger partial charge is 0.449 e. The topological polar surface area (TPSA) is 29.5 Å². The van der Waals surface area contributed by atoms with Crippen molar-refractivity contribution >= 4 is 13.1 Å². The van der Waals surface area contributed by atoms with Crippen molar-refractivity contribution < 1.29 is 73.9 Å². The summed E-state index contributed by atoms with van der Waals surface area (Å²) in [6.07, 6.45) is 0.582. The Kier molecular flexibility index (Phi) is 5.50. The van der Waals surface area contributed by atoms with Crippen LogP contribution in [0, 0.1) is 5.92 Å². The molecule has 0 unspecified atom stereocenters. The van der Waals surface area contributed by atoms with E-state index in [9.17, 15) is 17.7 Å². The molecule has 3 nitrogen and oxygen atoms in total. The molecule has 19 heavy (non-hydrogen) atoms. The van der Waals surface area contributed by atoms with E-state index >= 15 is 0 Å². The minimum absolute atomic E-state index is 0. The fourth-order valence-corrected chi connectivity index (χ4v) is 2.87. The molecule has 2 fully saturated rings. The largest absolute Gasteiger partial charge is 1.00 e. The Labute approximate surface area is 154 Å². The Balaban J connectivity index is 0.00000180. The molecule has 8 heteroatoms. The van der Waals surface area contributed by atoms with Crippen molar-refractivity contribution in [1.29, 1.82) is 0 Å². The van der Waals surface area contributed by atoms with Crippen LogP contribution in [0.2, 0.25) is 5.82 Å². The molecule has 1 saturated carbocycles. The van der Waals surface area contributed by atoms with Gasteiger partial charge in [0, 0.05) is 12.6 Å². The van der Waals surface area contributed by atoms with Crippen molar-refractivity contribution in [3.63, 3.8) is 0 Å². The Hall–Kier alpha value is 0.761. The third-order valence-electron chi connectivity index (χ3n) is 3.55. The summed E-state index contributed by atoms with van der Waals surface area (Å²) in [6, 6.07) is -0.673. The van der Waals surface area contributed by atoms with Gasteiger partial charge in [0.05, 0.1) is 0 Å². The van der Waals surface area contributed by atoms with Gasteiger partial charge in [0.25, 0.3) is 0 Å². The molecule has 1 aliphatic heterocycles. The average molecular weight is 303 g/mol. The van der Waals surface area contributed by atoms with E-state index in [0.29, 0.717) is 19.4 Å². The van der Waals surface area contributed by atoms with Crippen molar-refractivity contribution in [3.8, 4) is 0 Å². The maximum Gasteiger partial charge on any atom is 1.00 e. The van der Waals surface area contributed by atoms with Crippen LogP contribution in [0.5, 0.6) is 0 Å². The van der Waals surface area contributed by atoms with E-state index in [4.69, 9.17) is 4.74 Å². The van der Waals surface area contributed by atoms with Crippen molar-refractivity contribution in [2.45, 2.75) is 51.1 Å². The molecule has 0 bridgehead atoms. The molecule has 104 valence electrons. The number of halogens is 3. The maximum absolute atomic E-state index is 12.8. The molecule has 1 heterocycles. The van der Waals surface area contributed by atoms with Gasteiger partial charge in [-0.25, -0.2) is 4.79 Å². The zero-order chi connectivity index (χ0) is 13.7. The third kappa shape index (κ3) is 4.12. The van der Waals surface area contributed by atoms with Crippen LogP contribution in [0.1, 0.15) is 33.6 Å². The quantitative estimate of drug-likeness (QED) is 0.649. The zero-order valence-corrected chi connectivity index (χ0v) is 15.0. The van der Waals surface area contributed by atoms with Crippen molar-refractivity contribution in [2.24, 2.45) is 5.92 Å². The number of carbonyl (C=O) groups is 1. The van der Waals surface area contributed by atoms with Crippen LogP contribution < -0.4 is 51.4 Å². The van der Waals surface area contributed by atoms with Crippen LogP contribution in [0.15, 0.2) is 0 Å². The van der Waals surface area contributed by atoms with Crippen LogP contribution in [0.25, 0.3) is 0 Å². The average Bonchev–Trinajstić information content (AvgIpc) is 2.86. The van der Waals surface area contributed by atoms with Crippen molar-refractivity contribution in [3.05, 3.63) is 0 Å². The number of carbonyl (C=O) groups excluding carboxylic acids is 1. The Morgan fingerprint density at radius 3 is 2.37 bits per heavy atom. The zero-order valence-electron chi connectivity index (χ0n) is 11.8. The first kappa shape index (κ1) is 17.8. The molecule has 1 aliphatic carbocycles. The molecule has 2 rings (SSSR count). The first-order chi connectivity index (χ1) is 8.11. The van der Waals surface area contributed by atoms with Gasteiger partial charge in [-0.3, -0.25) is 0 Å². The Morgan fingerprint density at radius 1 is 1.32 bits per heavy atom. The first-order valence-electron chi connectivity index (χ1n) is 6.31. The fraction of sp³-hybridized carbons (Fsp3) is 0.909. The van der Waals surface area contributed by atoms with Crippen LogP contribution in [0.3, 0.4) is 0 Å². The van der Waals surface area contributed by atoms with Gasteiger partial charge in [0.1, 0.15) is 5.60 Å².